The van der Waals surface area contributed by atoms with Crippen LogP contribution < -0.4 is 9.75 Å². The number of allylic oxidation sites excluding steroid dienone is 3. The van der Waals surface area contributed by atoms with Crippen LogP contribution in [0.1, 0.15) is 23.3 Å². The van der Waals surface area contributed by atoms with Crippen molar-refractivity contribution in [2.45, 2.75) is 12.8 Å². The van der Waals surface area contributed by atoms with Gasteiger partial charge in [-0.25, -0.2) is 0 Å². The van der Waals surface area contributed by atoms with E-state index < -0.39 is 0 Å². The number of hydrogen-bond acceptors (Lipinski definition) is 1. The van der Waals surface area contributed by atoms with Crippen molar-refractivity contribution in [1.82, 2.24) is 0 Å². The van der Waals surface area contributed by atoms with E-state index in [9.17, 15) is 0 Å². The molecule has 0 aromatic carbocycles. The highest BCUT2D eigenvalue weighted by molar-refractivity contribution is 7.11. The smallest absolute Gasteiger partial charge is 0.0354 e. The van der Waals surface area contributed by atoms with Gasteiger partial charge in [-0.15, -0.1) is 11.3 Å². The van der Waals surface area contributed by atoms with E-state index in [4.69, 9.17) is 0 Å². The van der Waals surface area contributed by atoms with E-state index in [1.54, 1.807) is 0 Å². The summed E-state index contributed by atoms with van der Waals surface area (Å²) in [7, 11) is 0. The van der Waals surface area contributed by atoms with Crippen LogP contribution in [0.25, 0.3) is 24.3 Å². The van der Waals surface area contributed by atoms with Gasteiger partial charge in [0.05, 0.1) is 0 Å². The summed E-state index contributed by atoms with van der Waals surface area (Å²) in [5, 5.41) is 1.41. The molecule has 0 unspecified atom stereocenters. The molecule has 15 heavy (non-hydrogen) atoms. The van der Waals surface area contributed by atoms with E-state index in [1.165, 1.54) is 25.8 Å². The fourth-order valence-electron chi connectivity index (χ4n) is 2.02. The van der Waals surface area contributed by atoms with E-state index in [2.05, 4.69) is 43.0 Å². The van der Waals surface area contributed by atoms with Gasteiger partial charge in [-0.2, -0.15) is 0 Å². The number of thiophene rings is 1. The SMILES string of the molecule is C=C1C=c2sc3c(c2=CC1)C=CCC=C3. The van der Waals surface area contributed by atoms with E-state index in [-0.39, 0.29) is 0 Å². The molecular weight excluding hydrogens is 200 g/mol. The molecule has 2 aliphatic rings. The molecule has 1 aromatic rings. The summed E-state index contributed by atoms with van der Waals surface area (Å²) in [5.41, 5.74) is 2.61. The lowest BCUT2D eigenvalue weighted by Gasteiger charge is -1.98. The molecule has 0 N–H and O–H groups in total. The molecule has 1 heteroatoms. The zero-order valence-electron chi connectivity index (χ0n) is 8.49. The summed E-state index contributed by atoms with van der Waals surface area (Å²) < 4.78 is 1.37. The molecule has 74 valence electrons. The minimum Gasteiger partial charge on any atom is -0.135 e. The second-order valence-electron chi connectivity index (χ2n) is 3.91. The second-order valence-corrected chi connectivity index (χ2v) is 4.99. The Morgan fingerprint density at radius 1 is 1.20 bits per heavy atom. The summed E-state index contributed by atoms with van der Waals surface area (Å²) in [4.78, 5) is 1.39. The molecular formula is C14H12S. The number of fused-ring (bicyclic) bond motifs is 3. The predicted octanol–water partition coefficient (Wildman–Crippen LogP) is 2.70. The third-order valence-corrected chi connectivity index (χ3v) is 3.90. The molecule has 1 heterocycles. The van der Waals surface area contributed by atoms with Gasteiger partial charge >= 0.3 is 0 Å². The van der Waals surface area contributed by atoms with Gasteiger partial charge in [-0.05, 0) is 41.3 Å². The Balaban J connectivity index is 2.39. The highest BCUT2D eigenvalue weighted by atomic mass is 32.1. The summed E-state index contributed by atoms with van der Waals surface area (Å²) in [5.74, 6) is 0. The van der Waals surface area contributed by atoms with E-state index >= 15 is 0 Å². The van der Waals surface area contributed by atoms with Gasteiger partial charge in [0, 0.05) is 9.41 Å². The van der Waals surface area contributed by atoms with Crippen LogP contribution in [0.15, 0.2) is 24.3 Å². The van der Waals surface area contributed by atoms with Gasteiger partial charge in [0.1, 0.15) is 0 Å². The first kappa shape index (κ1) is 8.93. The Kier molecular flexibility index (Phi) is 2.00. The maximum Gasteiger partial charge on any atom is 0.0354 e. The van der Waals surface area contributed by atoms with Crippen LogP contribution in [-0.4, -0.2) is 0 Å². The maximum atomic E-state index is 4.02. The van der Waals surface area contributed by atoms with Crippen LogP contribution in [0, 0.1) is 0 Å². The molecule has 1 aromatic heterocycles. The Bertz CT molecular complexity index is 594. The van der Waals surface area contributed by atoms with Crippen LogP contribution >= 0.6 is 11.3 Å². The van der Waals surface area contributed by atoms with E-state index in [0.29, 0.717) is 0 Å². The Labute approximate surface area is 93.3 Å². The van der Waals surface area contributed by atoms with Crippen LogP contribution in [0.3, 0.4) is 0 Å². The lowest BCUT2D eigenvalue weighted by molar-refractivity contribution is 1.36. The van der Waals surface area contributed by atoms with Gasteiger partial charge in [0.2, 0.25) is 0 Å². The van der Waals surface area contributed by atoms with Crippen LogP contribution in [0.4, 0.5) is 0 Å². The van der Waals surface area contributed by atoms with Crippen LogP contribution in [0.5, 0.6) is 0 Å². The minimum atomic E-state index is 0.994. The normalized spacial score (nSPS) is 17.5. The van der Waals surface area contributed by atoms with E-state index in [1.807, 2.05) is 11.3 Å². The molecule has 0 bridgehead atoms. The standard InChI is InChI=1S/C14H12S/c1-10-7-8-12-11-5-3-2-4-6-13(11)15-14(12)9-10/h3-6,8-9H,1-2,7H2. The van der Waals surface area contributed by atoms with Gasteiger partial charge in [-0.3, -0.25) is 0 Å². The van der Waals surface area contributed by atoms with Crippen LogP contribution in [0.2, 0.25) is 0 Å². The third-order valence-electron chi connectivity index (χ3n) is 2.77. The van der Waals surface area contributed by atoms with Crippen molar-refractivity contribution in [1.29, 1.82) is 0 Å². The molecule has 0 saturated heterocycles. The lowest BCUT2D eigenvalue weighted by atomic mass is 10.1. The zero-order valence-corrected chi connectivity index (χ0v) is 9.31. The molecule has 0 aliphatic heterocycles. The predicted molar refractivity (Wildman–Crippen MR) is 68.9 cm³/mol. The summed E-state index contributed by atoms with van der Waals surface area (Å²) in [6.45, 7) is 4.02. The summed E-state index contributed by atoms with van der Waals surface area (Å²) >= 11 is 1.87. The quantitative estimate of drug-likeness (QED) is 0.620. The summed E-state index contributed by atoms with van der Waals surface area (Å²) in [6, 6.07) is 0. The van der Waals surface area contributed by atoms with Gasteiger partial charge in [0.25, 0.3) is 0 Å². The van der Waals surface area contributed by atoms with Crippen molar-refractivity contribution < 1.29 is 0 Å². The molecule has 0 amide bonds. The van der Waals surface area contributed by atoms with Crippen molar-refractivity contribution in [2.24, 2.45) is 0 Å². The average Bonchev–Trinajstić information content (AvgIpc) is 2.42. The van der Waals surface area contributed by atoms with Gasteiger partial charge in [0.15, 0.2) is 0 Å². The van der Waals surface area contributed by atoms with Gasteiger partial charge < -0.3 is 0 Å². The molecule has 0 atom stereocenters. The van der Waals surface area contributed by atoms with Crippen molar-refractivity contribution in [3.8, 4) is 0 Å². The Morgan fingerprint density at radius 3 is 3.00 bits per heavy atom. The molecule has 2 aliphatic carbocycles. The number of hydrogen-bond donors (Lipinski definition) is 0. The number of rotatable bonds is 0. The fraction of sp³-hybridized carbons (Fsp3) is 0.143. The first-order chi connectivity index (χ1) is 7.34. The molecule has 0 fully saturated rings. The molecule has 0 nitrogen and oxygen atoms in total. The zero-order chi connectivity index (χ0) is 10.3. The third kappa shape index (κ3) is 1.44. The highest BCUT2D eigenvalue weighted by Gasteiger charge is 2.08. The van der Waals surface area contributed by atoms with Crippen molar-refractivity contribution in [2.75, 3.05) is 0 Å². The molecule has 0 saturated carbocycles. The maximum absolute atomic E-state index is 4.02. The first-order valence-electron chi connectivity index (χ1n) is 5.20. The van der Waals surface area contributed by atoms with E-state index in [0.717, 1.165) is 12.8 Å². The first-order valence-corrected chi connectivity index (χ1v) is 6.02. The van der Waals surface area contributed by atoms with Crippen molar-refractivity contribution in [3.63, 3.8) is 0 Å². The van der Waals surface area contributed by atoms with Gasteiger partial charge in [-0.1, -0.05) is 30.9 Å². The minimum absolute atomic E-state index is 0.994. The summed E-state index contributed by atoms with van der Waals surface area (Å²) in [6.07, 6.45) is 15.5. The van der Waals surface area contributed by atoms with Crippen molar-refractivity contribution >= 4 is 35.6 Å². The monoisotopic (exact) mass is 212 g/mol. The molecule has 0 spiro atoms. The second kappa shape index (κ2) is 3.35. The Hall–Kier alpha value is -1.34. The average molecular weight is 212 g/mol. The topological polar surface area (TPSA) is 0 Å². The fourth-order valence-corrected chi connectivity index (χ4v) is 3.24. The lowest BCUT2D eigenvalue weighted by Crippen LogP contribution is -2.23. The Morgan fingerprint density at radius 2 is 2.07 bits per heavy atom. The molecule has 3 rings (SSSR count). The van der Waals surface area contributed by atoms with Crippen LogP contribution in [-0.2, 0) is 0 Å². The van der Waals surface area contributed by atoms with Crippen molar-refractivity contribution in [3.05, 3.63) is 44.5 Å². The largest absolute Gasteiger partial charge is 0.135 e. The highest BCUT2D eigenvalue weighted by Crippen LogP contribution is 2.18. The molecule has 0 radical (unpaired) electrons.